The Balaban J connectivity index is 1.53. The molecule has 3 N–H and O–H groups in total. The van der Waals surface area contributed by atoms with Crippen molar-refractivity contribution in [2.24, 2.45) is 5.10 Å². The molecule has 3 amide bonds. The molecule has 0 fully saturated rings. The minimum Gasteiger partial charge on any atom is -0.493 e. The van der Waals surface area contributed by atoms with Crippen molar-refractivity contribution in [1.29, 1.82) is 0 Å². The third kappa shape index (κ3) is 7.42. The van der Waals surface area contributed by atoms with Crippen LogP contribution in [0.1, 0.15) is 22.3 Å². The maximum Gasteiger partial charge on any atom is 0.329 e. The predicted molar refractivity (Wildman–Crippen MR) is 139 cm³/mol. The summed E-state index contributed by atoms with van der Waals surface area (Å²) in [6.45, 7) is 5.65. The van der Waals surface area contributed by atoms with Gasteiger partial charge < -0.3 is 20.1 Å². The van der Waals surface area contributed by atoms with Gasteiger partial charge in [0.05, 0.1) is 13.3 Å². The quantitative estimate of drug-likeness (QED) is 0.254. The van der Waals surface area contributed by atoms with E-state index in [4.69, 9.17) is 9.47 Å². The summed E-state index contributed by atoms with van der Waals surface area (Å²) >= 11 is 0. The summed E-state index contributed by atoms with van der Waals surface area (Å²) in [5.74, 6) is -1.31. The van der Waals surface area contributed by atoms with E-state index in [2.05, 4.69) is 21.2 Å². The lowest BCUT2D eigenvalue weighted by molar-refractivity contribution is -0.136. The number of amides is 3. The van der Waals surface area contributed by atoms with E-state index in [1.807, 2.05) is 45.0 Å². The molecule has 0 saturated carbocycles. The van der Waals surface area contributed by atoms with Gasteiger partial charge in [-0.05, 0) is 85.5 Å². The molecule has 0 saturated heterocycles. The van der Waals surface area contributed by atoms with Crippen molar-refractivity contribution in [3.63, 3.8) is 0 Å². The second kappa shape index (κ2) is 12.2. The van der Waals surface area contributed by atoms with Crippen LogP contribution in [0.2, 0.25) is 0 Å². The molecule has 0 heterocycles. The Kier molecular flexibility index (Phi) is 8.77. The van der Waals surface area contributed by atoms with Crippen molar-refractivity contribution in [1.82, 2.24) is 5.43 Å². The van der Waals surface area contributed by atoms with Crippen molar-refractivity contribution in [3.05, 3.63) is 82.9 Å². The number of methoxy groups -OCH3 is 1. The normalized spacial score (nSPS) is 10.6. The zero-order chi connectivity index (χ0) is 26.1. The Morgan fingerprint density at radius 3 is 2.33 bits per heavy atom. The van der Waals surface area contributed by atoms with E-state index in [1.165, 1.54) is 13.3 Å². The predicted octanol–water partition coefficient (Wildman–Crippen LogP) is 3.73. The fourth-order valence-electron chi connectivity index (χ4n) is 3.17. The van der Waals surface area contributed by atoms with E-state index in [-0.39, 0.29) is 12.5 Å². The number of nitrogens with zero attached hydrogens (tertiary/aromatic N) is 1. The summed E-state index contributed by atoms with van der Waals surface area (Å²) in [4.78, 5) is 36.3. The summed E-state index contributed by atoms with van der Waals surface area (Å²) in [5.41, 5.74) is 7.15. The van der Waals surface area contributed by atoms with Crippen LogP contribution in [0.3, 0.4) is 0 Å². The van der Waals surface area contributed by atoms with Gasteiger partial charge in [-0.15, -0.1) is 0 Å². The average molecular weight is 489 g/mol. The van der Waals surface area contributed by atoms with Gasteiger partial charge in [-0.2, -0.15) is 5.10 Å². The molecule has 9 nitrogen and oxygen atoms in total. The topological polar surface area (TPSA) is 118 Å². The highest BCUT2D eigenvalue weighted by Gasteiger charge is 2.13. The minimum absolute atomic E-state index is 0.206. The molecular formula is C27H28N4O5. The van der Waals surface area contributed by atoms with Crippen molar-refractivity contribution in [3.8, 4) is 11.5 Å². The van der Waals surface area contributed by atoms with E-state index < -0.39 is 11.8 Å². The first kappa shape index (κ1) is 26.0. The van der Waals surface area contributed by atoms with Gasteiger partial charge in [0, 0.05) is 11.4 Å². The Morgan fingerprint density at radius 2 is 1.61 bits per heavy atom. The molecular weight excluding hydrogens is 460 g/mol. The molecule has 9 heteroatoms. The van der Waals surface area contributed by atoms with E-state index in [0.29, 0.717) is 28.4 Å². The van der Waals surface area contributed by atoms with Gasteiger partial charge in [-0.3, -0.25) is 14.4 Å². The van der Waals surface area contributed by atoms with Gasteiger partial charge in [0.1, 0.15) is 0 Å². The molecule has 0 aromatic heterocycles. The number of rotatable bonds is 8. The van der Waals surface area contributed by atoms with Crippen molar-refractivity contribution < 1.29 is 23.9 Å². The smallest absolute Gasteiger partial charge is 0.329 e. The summed E-state index contributed by atoms with van der Waals surface area (Å²) in [7, 11) is 1.47. The number of nitrogens with one attached hydrogen (secondary N) is 3. The number of carbonyl (C=O) groups excluding carboxylic acids is 3. The highest BCUT2D eigenvalue weighted by Crippen LogP contribution is 2.27. The molecule has 0 aliphatic rings. The van der Waals surface area contributed by atoms with Crippen molar-refractivity contribution in [2.45, 2.75) is 20.8 Å². The third-order valence-electron chi connectivity index (χ3n) is 5.20. The average Bonchev–Trinajstić information content (AvgIpc) is 2.85. The van der Waals surface area contributed by atoms with Crippen LogP contribution in [-0.4, -0.2) is 37.7 Å². The third-order valence-corrected chi connectivity index (χ3v) is 5.20. The lowest BCUT2D eigenvalue weighted by atomic mass is 10.1. The number of ether oxygens (including phenoxy) is 2. The van der Waals surface area contributed by atoms with Gasteiger partial charge in [0.25, 0.3) is 5.91 Å². The monoisotopic (exact) mass is 488 g/mol. The zero-order valence-electron chi connectivity index (χ0n) is 20.5. The summed E-state index contributed by atoms with van der Waals surface area (Å²) in [5, 5.41) is 9.12. The molecule has 36 heavy (non-hydrogen) atoms. The summed E-state index contributed by atoms with van der Waals surface area (Å²) in [6.07, 6.45) is 1.36. The lowest BCUT2D eigenvalue weighted by Crippen LogP contribution is -2.32. The lowest BCUT2D eigenvalue weighted by Gasteiger charge is -2.12. The fraction of sp³-hybridized carbons (Fsp3) is 0.185. The molecule has 3 rings (SSSR count). The van der Waals surface area contributed by atoms with E-state index in [9.17, 15) is 14.4 Å². The van der Waals surface area contributed by atoms with Gasteiger partial charge >= 0.3 is 11.8 Å². The van der Waals surface area contributed by atoms with E-state index in [1.54, 1.807) is 36.4 Å². The molecule has 0 aliphatic heterocycles. The van der Waals surface area contributed by atoms with E-state index in [0.717, 1.165) is 16.7 Å². The van der Waals surface area contributed by atoms with Crippen molar-refractivity contribution >= 4 is 35.3 Å². The van der Waals surface area contributed by atoms with Gasteiger partial charge in [0.15, 0.2) is 18.1 Å². The molecule has 0 radical (unpaired) electrons. The van der Waals surface area contributed by atoms with Crippen LogP contribution in [0.4, 0.5) is 11.4 Å². The number of anilines is 2. The van der Waals surface area contributed by atoms with Gasteiger partial charge in [-0.25, -0.2) is 5.43 Å². The number of benzene rings is 3. The molecule has 0 atom stereocenters. The maximum atomic E-state index is 12.3. The number of hydrogen-bond donors (Lipinski definition) is 3. The minimum atomic E-state index is -0.908. The van der Waals surface area contributed by atoms with E-state index >= 15 is 0 Å². The van der Waals surface area contributed by atoms with Gasteiger partial charge in [0.2, 0.25) is 0 Å². The van der Waals surface area contributed by atoms with Crippen molar-refractivity contribution in [2.75, 3.05) is 24.4 Å². The number of carbonyl (C=O) groups is 3. The Labute approximate surface area is 209 Å². The first-order chi connectivity index (χ1) is 17.2. The fourth-order valence-corrected chi connectivity index (χ4v) is 3.17. The highest BCUT2D eigenvalue weighted by atomic mass is 16.5. The zero-order valence-corrected chi connectivity index (χ0v) is 20.5. The van der Waals surface area contributed by atoms with Crippen LogP contribution in [0, 0.1) is 20.8 Å². The second-order valence-electron chi connectivity index (χ2n) is 8.07. The van der Waals surface area contributed by atoms with Crippen LogP contribution in [-0.2, 0) is 14.4 Å². The number of hydrazone groups is 1. The van der Waals surface area contributed by atoms with Crippen LogP contribution in [0.5, 0.6) is 11.5 Å². The molecule has 3 aromatic carbocycles. The highest BCUT2D eigenvalue weighted by molar-refractivity contribution is 6.39. The molecule has 3 aromatic rings. The number of hydrogen-bond acceptors (Lipinski definition) is 6. The van der Waals surface area contributed by atoms with Crippen LogP contribution in [0.15, 0.2) is 65.8 Å². The molecule has 0 bridgehead atoms. The Bertz CT molecular complexity index is 1300. The largest absolute Gasteiger partial charge is 0.493 e. The number of aryl methyl sites for hydroxylation is 3. The van der Waals surface area contributed by atoms with Crippen LogP contribution in [0.25, 0.3) is 0 Å². The SMILES string of the molecule is COc1cc(/C=N\NC(=O)C(=O)Nc2cccc(C)c2)ccc1OCC(=O)Nc1ccc(C)c(C)c1. The standard InChI is InChI=1S/C27H28N4O5/c1-17-6-5-7-21(12-17)30-26(33)27(34)31-28-15-20-9-11-23(24(14-20)35-4)36-16-25(32)29-22-10-8-18(2)19(3)13-22/h5-15H,16H2,1-4H3,(H,29,32)(H,30,33)(H,31,34)/b28-15-. The molecule has 0 aliphatic carbocycles. The molecule has 186 valence electrons. The first-order valence-electron chi connectivity index (χ1n) is 11.1. The second-order valence-corrected chi connectivity index (χ2v) is 8.07. The van der Waals surface area contributed by atoms with Gasteiger partial charge in [-0.1, -0.05) is 18.2 Å². The van der Waals surface area contributed by atoms with Crippen LogP contribution >= 0.6 is 0 Å². The first-order valence-corrected chi connectivity index (χ1v) is 11.1. The summed E-state index contributed by atoms with van der Waals surface area (Å²) < 4.78 is 10.9. The Hall–Kier alpha value is -4.66. The Morgan fingerprint density at radius 1 is 0.833 bits per heavy atom. The maximum absolute atomic E-state index is 12.3. The molecule has 0 unspecified atom stereocenters. The van der Waals surface area contributed by atoms with Crippen LogP contribution < -0.4 is 25.5 Å². The molecule has 0 spiro atoms. The summed E-state index contributed by atoms with van der Waals surface area (Å²) in [6, 6.07) is 17.7.